The van der Waals surface area contributed by atoms with Gasteiger partial charge in [0.05, 0.1) is 0 Å². The first-order valence-electron chi connectivity index (χ1n) is 9.28. The van der Waals surface area contributed by atoms with Crippen LogP contribution in [0, 0.1) is 29.6 Å². The molecule has 0 aromatic rings. The number of hydrogen-bond donors (Lipinski definition) is 0. The van der Waals surface area contributed by atoms with E-state index in [1.807, 2.05) is 0 Å². The maximum absolute atomic E-state index is 6.74. The molecule has 6 aliphatic rings. The molecule has 3 nitrogen and oxygen atoms in total. The predicted octanol–water partition coefficient (Wildman–Crippen LogP) is 4.41. The van der Waals surface area contributed by atoms with Gasteiger partial charge in [-0.15, -0.1) is 0 Å². The van der Waals surface area contributed by atoms with Crippen molar-refractivity contribution >= 4 is 0 Å². The summed E-state index contributed by atoms with van der Waals surface area (Å²) in [5.74, 6) is 3.03. The Hall–Kier alpha value is -0.120. The molecule has 5 saturated carbocycles. The van der Waals surface area contributed by atoms with Gasteiger partial charge in [0.15, 0.2) is 0 Å². The van der Waals surface area contributed by atoms with Gasteiger partial charge < -0.3 is 4.74 Å². The molecule has 4 bridgehead atoms. The molecule has 2 unspecified atom stereocenters. The lowest BCUT2D eigenvalue weighted by Crippen LogP contribution is -2.59. The maximum Gasteiger partial charge on any atom is 0.210 e. The summed E-state index contributed by atoms with van der Waals surface area (Å²) >= 11 is 0. The van der Waals surface area contributed by atoms with Crippen molar-refractivity contribution < 1.29 is 14.5 Å². The van der Waals surface area contributed by atoms with E-state index in [0.717, 1.165) is 30.6 Å². The van der Waals surface area contributed by atoms with E-state index in [4.69, 9.17) is 14.5 Å². The Morgan fingerprint density at radius 2 is 1.67 bits per heavy atom. The van der Waals surface area contributed by atoms with E-state index >= 15 is 0 Å². The van der Waals surface area contributed by atoms with Gasteiger partial charge in [-0.3, -0.25) is 0 Å². The predicted molar refractivity (Wildman–Crippen MR) is 78.0 cm³/mol. The van der Waals surface area contributed by atoms with Crippen LogP contribution in [0.2, 0.25) is 0 Å². The molecule has 1 aliphatic heterocycles. The second-order valence-corrected chi connectivity index (χ2v) is 8.58. The topological polar surface area (TPSA) is 27.7 Å². The second kappa shape index (κ2) is 4.46. The molecule has 5 aliphatic carbocycles. The molecule has 21 heavy (non-hydrogen) atoms. The van der Waals surface area contributed by atoms with E-state index in [-0.39, 0.29) is 5.79 Å². The van der Waals surface area contributed by atoms with Crippen LogP contribution in [-0.2, 0) is 14.5 Å². The first-order chi connectivity index (χ1) is 10.2. The lowest BCUT2D eigenvalue weighted by molar-refractivity contribution is -0.390. The SMILES string of the molecule is CCC1CCCC2(C1)OOC1(O2)C2CC3CC(C2)CC1C3. The van der Waals surface area contributed by atoms with E-state index in [1.54, 1.807) is 0 Å². The molecular weight excluding hydrogens is 264 g/mol. The van der Waals surface area contributed by atoms with Gasteiger partial charge in [0, 0.05) is 24.7 Å². The molecule has 118 valence electrons. The summed E-state index contributed by atoms with van der Waals surface area (Å²) in [5.41, 5.74) is 0. The largest absolute Gasteiger partial charge is 0.312 e. The molecule has 6 fully saturated rings. The number of rotatable bonds is 1. The summed E-state index contributed by atoms with van der Waals surface area (Å²) in [6.07, 6.45) is 12.6. The minimum absolute atomic E-state index is 0.372. The molecule has 3 heteroatoms. The quantitative estimate of drug-likeness (QED) is 0.670. The van der Waals surface area contributed by atoms with Crippen molar-refractivity contribution in [2.45, 2.75) is 82.7 Å². The second-order valence-electron chi connectivity index (χ2n) is 8.58. The Morgan fingerprint density at radius 1 is 0.952 bits per heavy atom. The van der Waals surface area contributed by atoms with Crippen molar-refractivity contribution in [3.8, 4) is 0 Å². The molecule has 2 atom stereocenters. The Kier molecular flexibility index (Phi) is 2.83. The summed E-state index contributed by atoms with van der Waals surface area (Å²) in [6, 6.07) is 0. The molecule has 6 rings (SSSR count). The monoisotopic (exact) mass is 292 g/mol. The molecular formula is C18H28O3. The van der Waals surface area contributed by atoms with E-state index in [2.05, 4.69) is 6.92 Å². The van der Waals surface area contributed by atoms with Crippen LogP contribution in [0.1, 0.15) is 71.1 Å². The highest BCUT2D eigenvalue weighted by Gasteiger charge is 2.66. The molecule has 1 saturated heterocycles. The highest BCUT2D eigenvalue weighted by Crippen LogP contribution is 2.63. The number of hydrogen-bond acceptors (Lipinski definition) is 3. The van der Waals surface area contributed by atoms with Crippen LogP contribution in [0.4, 0.5) is 0 Å². The molecule has 1 heterocycles. The third-order valence-electron chi connectivity index (χ3n) is 7.29. The minimum Gasteiger partial charge on any atom is -0.312 e. The third-order valence-corrected chi connectivity index (χ3v) is 7.29. The Morgan fingerprint density at radius 3 is 2.33 bits per heavy atom. The summed E-state index contributed by atoms with van der Waals surface area (Å²) < 4.78 is 6.74. The van der Waals surface area contributed by atoms with Gasteiger partial charge in [-0.25, -0.2) is 0 Å². The van der Waals surface area contributed by atoms with Crippen molar-refractivity contribution in [1.29, 1.82) is 0 Å². The lowest BCUT2D eigenvalue weighted by Gasteiger charge is -2.57. The third kappa shape index (κ3) is 1.83. The Bertz CT molecular complexity index is 406. The van der Waals surface area contributed by atoms with E-state index < -0.39 is 5.79 Å². The average molecular weight is 292 g/mol. The van der Waals surface area contributed by atoms with Crippen LogP contribution < -0.4 is 0 Å². The summed E-state index contributed by atoms with van der Waals surface area (Å²) in [7, 11) is 0. The van der Waals surface area contributed by atoms with Crippen LogP contribution in [0.15, 0.2) is 0 Å². The molecule has 0 aromatic carbocycles. The smallest absolute Gasteiger partial charge is 0.210 e. The van der Waals surface area contributed by atoms with E-state index in [0.29, 0.717) is 11.8 Å². The van der Waals surface area contributed by atoms with Crippen molar-refractivity contribution in [3.63, 3.8) is 0 Å². The van der Waals surface area contributed by atoms with E-state index in [9.17, 15) is 0 Å². The van der Waals surface area contributed by atoms with Gasteiger partial charge in [0.25, 0.3) is 0 Å². The lowest BCUT2D eigenvalue weighted by atomic mass is 9.53. The van der Waals surface area contributed by atoms with Crippen LogP contribution in [-0.4, -0.2) is 11.6 Å². The highest BCUT2D eigenvalue weighted by molar-refractivity contribution is 5.05. The van der Waals surface area contributed by atoms with Gasteiger partial charge in [-0.2, -0.15) is 9.78 Å². The zero-order valence-corrected chi connectivity index (χ0v) is 13.2. The Labute approximate surface area is 127 Å². The van der Waals surface area contributed by atoms with Gasteiger partial charge >= 0.3 is 0 Å². The maximum atomic E-state index is 6.74. The number of ether oxygens (including phenoxy) is 1. The molecule has 2 spiro atoms. The van der Waals surface area contributed by atoms with Crippen molar-refractivity contribution in [3.05, 3.63) is 0 Å². The fraction of sp³-hybridized carbons (Fsp3) is 1.00. The van der Waals surface area contributed by atoms with Gasteiger partial charge in [-0.05, 0) is 56.3 Å². The summed E-state index contributed by atoms with van der Waals surface area (Å²) in [4.78, 5) is 12.1. The van der Waals surface area contributed by atoms with Crippen LogP contribution >= 0.6 is 0 Å². The molecule has 0 amide bonds. The first-order valence-corrected chi connectivity index (χ1v) is 9.28. The van der Waals surface area contributed by atoms with Gasteiger partial charge in [-0.1, -0.05) is 19.8 Å². The van der Waals surface area contributed by atoms with Crippen molar-refractivity contribution in [2.24, 2.45) is 29.6 Å². The first kappa shape index (κ1) is 13.3. The Balaban J connectivity index is 1.42. The molecule has 0 N–H and O–H groups in total. The normalized spacial score (nSPS) is 58.4. The van der Waals surface area contributed by atoms with Crippen LogP contribution in [0.5, 0.6) is 0 Å². The summed E-state index contributed by atoms with van der Waals surface area (Å²) in [5, 5.41) is 0. The van der Waals surface area contributed by atoms with Gasteiger partial charge in [0.2, 0.25) is 11.6 Å². The van der Waals surface area contributed by atoms with E-state index in [1.165, 1.54) is 51.4 Å². The van der Waals surface area contributed by atoms with Crippen LogP contribution in [0.25, 0.3) is 0 Å². The van der Waals surface area contributed by atoms with Crippen LogP contribution in [0.3, 0.4) is 0 Å². The molecule has 0 aromatic heterocycles. The fourth-order valence-corrected chi connectivity index (χ4v) is 6.43. The standard InChI is InChI=1S/C18H28O3/c1-2-12-4-3-5-17(11-12)19-18(21-20-17)15-7-13-6-14(9-15)10-16(18)8-13/h12-16H,2-11H2,1H3. The van der Waals surface area contributed by atoms with Crippen molar-refractivity contribution in [2.75, 3.05) is 0 Å². The zero-order chi connectivity index (χ0) is 14.1. The zero-order valence-electron chi connectivity index (χ0n) is 13.2. The highest BCUT2D eigenvalue weighted by atomic mass is 17.3. The van der Waals surface area contributed by atoms with Gasteiger partial charge in [0.1, 0.15) is 0 Å². The fourth-order valence-electron chi connectivity index (χ4n) is 6.43. The summed E-state index contributed by atoms with van der Waals surface area (Å²) in [6.45, 7) is 2.29. The minimum atomic E-state index is -0.408. The molecule has 0 radical (unpaired) electrons. The average Bonchev–Trinajstić information content (AvgIpc) is 2.84. The van der Waals surface area contributed by atoms with Crippen molar-refractivity contribution in [1.82, 2.24) is 0 Å².